The van der Waals surface area contributed by atoms with Gasteiger partial charge in [-0.1, -0.05) is 31.4 Å². The van der Waals surface area contributed by atoms with Crippen LogP contribution >= 0.6 is 0 Å². The van der Waals surface area contributed by atoms with Crippen LogP contribution in [0, 0.1) is 0 Å². The summed E-state index contributed by atoms with van der Waals surface area (Å²) >= 11 is 0. The average molecular weight is 436 g/mol. The molecule has 1 aliphatic rings. The first-order valence-electron chi connectivity index (χ1n) is 11.0. The number of anilines is 1. The lowest BCUT2D eigenvalue weighted by Gasteiger charge is -2.40. The second-order valence-corrected chi connectivity index (χ2v) is 8.45. The highest BCUT2D eigenvalue weighted by Gasteiger charge is 2.44. The van der Waals surface area contributed by atoms with Crippen LogP contribution in [0.4, 0.5) is 5.82 Å². The third-order valence-electron chi connectivity index (χ3n) is 6.59. The first-order chi connectivity index (χ1) is 15.4. The fourth-order valence-electron chi connectivity index (χ4n) is 4.51. The van der Waals surface area contributed by atoms with E-state index in [1.807, 2.05) is 30.3 Å². The number of carbonyl (C=O) groups is 2. The summed E-state index contributed by atoms with van der Waals surface area (Å²) < 4.78 is 5.29. The fraction of sp³-hybridized carbons (Fsp3) is 0.417. The summed E-state index contributed by atoms with van der Waals surface area (Å²) in [5.74, 6) is 0.884. The molecular weight excluding hydrogens is 406 g/mol. The Morgan fingerprint density at radius 2 is 1.84 bits per heavy atom. The molecule has 0 radical (unpaired) electrons. The molecular formula is C24H29N5O3. The number of likely N-dealkylation sites (N-methyl/N-ethyl adjacent to an activating group) is 1. The minimum Gasteiger partial charge on any atom is -0.497 e. The molecule has 8 nitrogen and oxygen atoms in total. The van der Waals surface area contributed by atoms with Crippen LogP contribution in [0.5, 0.6) is 5.75 Å². The zero-order valence-corrected chi connectivity index (χ0v) is 18.7. The Bertz CT molecular complexity index is 1100. The summed E-state index contributed by atoms with van der Waals surface area (Å²) in [6, 6.07) is 10.6. The molecule has 0 bridgehead atoms. The van der Waals surface area contributed by atoms with Crippen LogP contribution in [-0.4, -0.2) is 52.1 Å². The zero-order chi connectivity index (χ0) is 22.7. The maximum atomic E-state index is 13.8. The molecule has 3 aromatic rings. The van der Waals surface area contributed by atoms with E-state index in [2.05, 4.69) is 20.5 Å². The molecule has 2 N–H and O–H groups in total. The van der Waals surface area contributed by atoms with Gasteiger partial charge in [-0.2, -0.15) is 5.10 Å². The predicted molar refractivity (Wildman–Crippen MR) is 123 cm³/mol. The van der Waals surface area contributed by atoms with Crippen molar-refractivity contribution in [2.45, 2.75) is 50.5 Å². The van der Waals surface area contributed by atoms with Crippen molar-refractivity contribution in [1.29, 1.82) is 0 Å². The number of ether oxygens (including phenoxy) is 1. The summed E-state index contributed by atoms with van der Waals surface area (Å²) in [5, 5.41) is 9.61. The van der Waals surface area contributed by atoms with E-state index >= 15 is 0 Å². The number of methoxy groups -OCH3 is 1. The SMILES string of the molecule is COc1ccc(C2(C(=O)N(C)[C@H](C)C(=O)Nc3ccc4[nH]ncc4n3)CCCCC2)cc1. The third kappa shape index (κ3) is 4.04. The molecule has 8 heteroatoms. The van der Waals surface area contributed by atoms with Crippen molar-refractivity contribution in [2.24, 2.45) is 0 Å². The van der Waals surface area contributed by atoms with Gasteiger partial charge < -0.3 is 15.0 Å². The molecule has 1 aromatic carbocycles. The quantitative estimate of drug-likeness (QED) is 0.616. The molecule has 0 aliphatic heterocycles. The van der Waals surface area contributed by atoms with E-state index in [1.54, 1.807) is 38.2 Å². The minimum absolute atomic E-state index is 0.0248. The third-order valence-corrected chi connectivity index (χ3v) is 6.59. The second-order valence-electron chi connectivity index (χ2n) is 8.45. The van der Waals surface area contributed by atoms with Gasteiger partial charge in [0.05, 0.1) is 24.2 Å². The number of hydrogen-bond acceptors (Lipinski definition) is 5. The molecule has 4 rings (SSSR count). The molecule has 1 atom stereocenters. The molecule has 1 fully saturated rings. The number of carbonyl (C=O) groups excluding carboxylic acids is 2. The summed E-state index contributed by atoms with van der Waals surface area (Å²) in [6.45, 7) is 1.74. The van der Waals surface area contributed by atoms with Crippen LogP contribution in [0.25, 0.3) is 11.0 Å². The number of nitrogens with zero attached hydrogens (tertiary/aromatic N) is 3. The van der Waals surface area contributed by atoms with E-state index in [0.717, 1.165) is 48.9 Å². The molecule has 1 saturated carbocycles. The van der Waals surface area contributed by atoms with E-state index in [0.29, 0.717) is 11.3 Å². The molecule has 0 unspecified atom stereocenters. The molecule has 2 amide bonds. The van der Waals surface area contributed by atoms with Crippen LogP contribution in [0.1, 0.15) is 44.6 Å². The Morgan fingerprint density at radius 1 is 1.12 bits per heavy atom. The van der Waals surface area contributed by atoms with E-state index in [1.165, 1.54) is 0 Å². The van der Waals surface area contributed by atoms with E-state index in [9.17, 15) is 9.59 Å². The van der Waals surface area contributed by atoms with Crippen LogP contribution < -0.4 is 10.1 Å². The van der Waals surface area contributed by atoms with Gasteiger partial charge in [-0.15, -0.1) is 0 Å². The lowest BCUT2D eigenvalue weighted by molar-refractivity contribution is -0.142. The highest BCUT2D eigenvalue weighted by Crippen LogP contribution is 2.41. The monoisotopic (exact) mass is 435 g/mol. The van der Waals surface area contributed by atoms with Gasteiger partial charge in [0.15, 0.2) is 0 Å². The Balaban J connectivity index is 1.53. The molecule has 0 spiro atoms. The number of pyridine rings is 1. The van der Waals surface area contributed by atoms with Crippen LogP contribution in [-0.2, 0) is 15.0 Å². The van der Waals surface area contributed by atoms with Gasteiger partial charge in [0, 0.05) is 7.05 Å². The van der Waals surface area contributed by atoms with Crippen molar-refractivity contribution < 1.29 is 14.3 Å². The van der Waals surface area contributed by atoms with Gasteiger partial charge in [-0.05, 0) is 49.6 Å². The van der Waals surface area contributed by atoms with Crippen LogP contribution in [0.3, 0.4) is 0 Å². The maximum absolute atomic E-state index is 13.8. The van der Waals surface area contributed by atoms with E-state index in [4.69, 9.17) is 4.74 Å². The van der Waals surface area contributed by atoms with Gasteiger partial charge in [0.2, 0.25) is 11.8 Å². The Morgan fingerprint density at radius 3 is 2.53 bits per heavy atom. The number of fused-ring (bicyclic) bond motifs is 1. The Hall–Kier alpha value is -3.42. The lowest BCUT2D eigenvalue weighted by Crippen LogP contribution is -2.52. The number of benzene rings is 1. The summed E-state index contributed by atoms with van der Waals surface area (Å²) in [7, 11) is 3.34. The average Bonchev–Trinajstić information content (AvgIpc) is 3.31. The van der Waals surface area contributed by atoms with E-state index in [-0.39, 0.29) is 11.8 Å². The highest BCUT2D eigenvalue weighted by atomic mass is 16.5. The van der Waals surface area contributed by atoms with Gasteiger partial charge in [0.25, 0.3) is 0 Å². The van der Waals surface area contributed by atoms with Crippen LogP contribution in [0.15, 0.2) is 42.6 Å². The Kier molecular flexibility index (Phi) is 6.12. The molecule has 2 heterocycles. The normalized spacial score (nSPS) is 16.3. The number of H-pyrrole nitrogens is 1. The molecule has 2 aromatic heterocycles. The van der Waals surface area contributed by atoms with Crippen LogP contribution in [0.2, 0.25) is 0 Å². The number of nitrogens with one attached hydrogen (secondary N) is 2. The zero-order valence-electron chi connectivity index (χ0n) is 18.7. The first-order valence-corrected chi connectivity index (χ1v) is 11.0. The lowest BCUT2D eigenvalue weighted by atomic mass is 9.68. The smallest absolute Gasteiger partial charge is 0.248 e. The Labute approximate surface area is 187 Å². The summed E-state index contributed by atoms with van der Waals surface area (Å²) in [6.07, 6.45) is 6.24. The standard InChI is InChI=1S/C24H29N5O3/c1-16(22(30)27-21-12-11-19-20(26-21)15-25-28-19)29(2)23(31)24(13-5-4-6-14-24)17-7-9-18(32-3)10-8-17/h7-12,15-16H,4-6,13-14H2,1-3H3,(H,25,28)(H,26,27,30)/t16-/m1/s1. The number of aromatic amines is 1. The van der Waals surface area contributed by atoms with Gasteiger partial charge >= 0.3 is 0 Å². The van der Waals surface area contributed by atoms with Crippen molar-refractivity contribution in [3.63, 3.8) is 0 Å². The van der Waals surface area contributed by atoms with Gasteiger partial charge in [-0.25, -0.2) is 4.98 Å². The summed E-state index contributed by atoms with van der Waals surface area (Å²) in [5.41, 5.74) is 1.82. The predicted octanol–water partition coefficient (Wildman–Crippen LogP) is 3.65. The number of amides is 2. The summed E-state index contributed by atoms with van der Waals surface area (Å²) in [4.78, 5) is 32.7. The minimum atomic E-state index is -0.651. The number of aromatic nitrogens is 3. The highest BCUT2D eigenvalue weighted by molar-refractivity contribution is 5.98. The number of rotatable bonds is 6. The van der Waals surface area contributed by atoms with Crippen molar-refractivity contribution in [2.75, 3.05) is 19.5 Å². The van der Waals surface area contributed by atoms with Gasteiger partial charge in [0.1, 0.15) is 23.1 Å². The van der Waals surface area contributed by atoms with Crippen molar-refractivity contribution in [3.05, 3.63) is 48.2 Å². The maximum Gasteiger partial charge on any atom is 0.248 e. The molecule has 1 aliphatic carbocycles. The molecule has 0 saturated heterocycles. The second kappa shape index (κ2) is 8.98. The first kappa shape index (κ1) is 21.8. The number of hydrogen-bond donors (Lipinski definition) is 2. The molecule has 32 heavy (non-hydrogen) atoms. The van der Waals surface area contributed by atoms with Crippen molar-refractivity contribution >= 4 is 28.7 Å². The van der Waals surface area contributed by atoms with Crippen molar-refractivity contribution in [1.82, 2.24) is 20.1 Å². The topological polar surface area (TPSA) is 100 Å². The largest absolute Gasteiger partial charge is 0.497 e. The molecule has 168 valence electrons. The van der Waals surface area contributed by atoms with Crippen molar-refractivity contribution in [3.8, 4) is 5.75 Å². The van der Waals surface area contributed by atoms with E-state index < -0.39 is 11.5 Å². The fourth-order valence-corrected chi connectivity index (χ4v) is 4.51. The van der Waals surface area contributed by atoms with Gasteiger partial charge in [-0.3, -0.25) is 14.7 Å².